The molecule has 4 rings (SSSR count). The van der Waals surface area contributed by atoms with Crippen molar-refractivity contribution in [1.82, 2.24) is 14.9 Å². The number of non-ortho nitro benzene ring substituents is 1. The SMILES string of the molecule is O=C(N[C@@H]1CCCC[C@H]1NC(=O)[C@@H]1CCCN(S(=O)(=O)c2ccc([N+](=O)[O-])cc2)C1)c1ccc(F)cc1. The van der Waals surface area contributed by atoms with E-state index in [1.807, 2.05) is 0 Å². The second-order valence-corrected chi connectivity index (χ2v) is 11.4. The van der Waals surface area contributed by atoms with Gasteiger partial charge in [0.15, 0.2) is 0 Å². The molecule has 0 aromatic heterocycles. The van der Waals surface area contributed by atoms with Gasteiger partial charge in [0.25, 0.3) is 11.6 Å². The van der Waals surface area contributed by atoms with Gasteiger partial charge in [0, 0.05) is 42.9 Å². The number of nitrogens with zero attached hydrogens (tertiary/aromatic N) is 2. The van der Waals surface area contributed by atoms with Gasteiger partial charge in [-0.3, -0.25) is 19.7 Å². The number of rotatable bonds is 7. The topological polar surface area (TPSA) is 139 Å². The highest BCUT2D eigenvalue weighted by molar-refractivity contribution is 7.89. The number of carbonyl (C=O) groups excluding carboxylic acids is 2. The molecule has 2 aliphatic rings. The van der Waals surface area contributed by atoms with Crippen molar-refractivity contribution in [3.05, 3.63) is 70.0 Å². The molecular weight excluding hydrogens is 503 g/mol. The molecule has 1 saturated carbocycles. The van der Waals surface area contributed by atoms with Gasteiger partial charge in [-0.2, -0.15) is 4.31 Å². The van der Waals surface area contributed by atoms with Gasteiger partial charge in [-0.25, -0.2) is 12.8 Å². The molecule has 2 fully saturated rings. The van der Waals surface area contributed by atoms with Crippen LogP contribution >= 0.6 is 0 Å². The van der Waals surface area contributed by atoms with Crippen LogP contribution in [-0.4, -0.2) is 54.6 Å². The Morgan fingerprint density at radius 3 is 2.16 bits per heavy atom. The predicted octanol–water partition coefficient (Wildman–Crippen LogP) is 2.99. The molecule has 10 nitrogen and oxygen atoms in total. The molecule has 2 N–H and O–H groups in total. The third-order valence-electron chi connectivity index (χ3n) is 6.96. The van der Waals surface area contributed by atoms with Gasteiger partial charge in [-0.15, -0.1) is 0 Å². The van der Waals surface area contributed by atoms with E-state index in [9.17, 15) is 32.5 Å². The van der Waals surface area contributed by atoms with E-state index in [0.29, 0.717) is 31.2 Å². The number of carbonyl (C=O) groups is 2. The van der Waals surface area contributed by atoms with Gasteiger partial charge in [-0.1, -0.05) is 12.8 Å². The Balaban J connectivity index is 1.39. The van der Waals surface area contributed by atoms with Crippen molar-refractivity contribution in [2.45, 2.75) is 55.5 Å². The lowest BCUT2D eigenvalue weighted by Gasteiger charge is -2.36. The standard InChI is InChI=1S/C25H29FN4O6S/c26-19-9-7-17(8-10-19)24(31)27-22-5-1-2-6-23(22)28-25(32)18-4-3-15-29(16-18)37(35,36)21-13-11-20(12-14-21)30(33)34/h7-14,18,22-23H,1-6,15-16H2,(H,27,31)(H,28,32)/t18-,22-,23-/m1/s1. The minimum Gasteiger partial charge on any atom is -0.351 e. The average Bonchev–Trinajstić information content (AvgIpc) is 2.90. The fourth-order valence-electron chi connectivity index (χ4n) is 4.89. The second kappa shape index (κ2) is 11.3. The average molecular weight is 533 g/mol. The lowest BCUT2D eigenvalue weighted by molar-refractivity contribution is -0.384. The molecule has 37 heavy (non-hydrogen) atoms. The first-order chi connectivity index (χ1) is 17.6. The first-order valence-corrected chi connectivity index (χ1v) is 13.7. The predicted molar refractivity (Wildman–Crippen MR) is 133 cm³/mol. The zero-order chi connectivity index (χ0) is 26.6. The molecule has 2 amide bonds. The Labute approximate surface area is 214 Å². The largest absolute Gasteiger partial charge is 0.351 e. The molecule has 1 saturated heterocycles. The summed E-state index contributed by atoms with van der Waals surface area (Å²) in [5.41, 5.74) is 0.125. The molecule has 198 valence electrons. The van der Waals surface area contributed by atoms with E-state index in [1.54, 1.807) is 0 Å². The number of halogens is 1. The van der Waals surface area contributed by atoms with Crippen LogP contribution < -0.4 is 10.6 Å². The van der Waals surface area contributed by atoms with E-state index >= 15 is 0 Å². The van der Waals surface area contributed by atoms with Gasteiger partial charge >= 0.3 is 0 Å². The fraction of sp³-hybridized carbons (Fsp3) is 0.440. The third kappa shape index (κ3) is 6.31. The van der Waals surface area contributed by atoms with E-state index in [2.05, 4.69) is 10.6 Å². The third-order valence-corrected chi connectivity index (χ3v) is 8.84. The zero-order valence-electron chi connectivity index (χ0n) is 20.1. The van der Waals surface area contributed by atoms with Gasteiger partial charge in [0.1, 0.15) is 5.82 Å². The van der Waals surface area contributed by atoms with E-state index in [4.69, 9.17) is 0 Å². The Morgan fingerprint density at radius 2 is 1.54 bits per heavy atom. The van der Waals surface area contributed by atoms with Crippen LogP contribution in [0.5, 0.6) is 0 Å². The number of hydrogen-bond acceptors (Lipinski definition) is 6. The summed E-state index contributed by atoms with van der Waals surface area (Å²) in [5.74, 6) is -1.60. The summed E-state index contributed by atoms with van der Waals surface area (Å²) in [7, 11) is -3.92. The van der Waals surface area contributed by atoms with Crippen LogP contribution in [0.1, 0.15) is 48.9 Å². The van der Waals surface area contributed by atoms with Crippen LogP contribution in [0.2, 0.25) is 0 Å². The maximum atomic E-state index is 13.2. The summed E-state index contributed by atoms with van der Waals surface area (Å²) in [6.45, 7) is 0.257. The first kappa shape index (κ1) is 26.7. The summed E-state index contributed by atoms with van der Waals surface area (Å²) >= 11 is 0. The van der Waals surface area contributed by atoms with Crippen LogP contribution in [0.25, 0.3) is 0 Å². The Hall–Kier alpha value is -3.38. The van der Waals surface area contributed by atoms with Crippen molar-refractivity contribution < 1.29 is 27.3 Å². The van der Waals surface area contributed by atoms with Crippen molar-refractivity contribution in [3.8, 4) is 0 Å². The molecule has 2 aromatic rings. The summed E-state index contributed by atoms with van der Waals surface area (Å²) < 4.78 is 40.7. The van der Waals surface area contributed by atoms with Crippen LogP contribution in [0, 0.1) is 21.8 Å². The molecule has 0 spiro atoms. The van der Waals surface area contributed by atoms with Crippen LogP contribution in [0.3, 0.4) is 0 Å². The van der Waals surface area contributed by atoms with Crippen LogP contribution in [-0.2, 0) is 14.8 Å². The summed E-state index contributed by atoms with van der Waals surface area (Å²) in [6.07, 6.45) is 4.17. The number of hydrogen-bond donors (Lipinski definition) is 2. The van der Waals surface area contributed by atoms with Crippen molar-refractivity contribution in [2.24, 2.45) is 5.92 Å². The fourth-order valence-corrected chi connectivity index (χ4v) is 6.42. The summed E-state index contributed by atoms with van der Waals surface area (Å²) in [5, 5.41) is 16.9. The number of sulfonamides is 1. The van der Waals surface area contributed by atoms with Crippen LogP contribution in [0.4, 0.5) is 10.1 Å². The van der Waals surface area contributed by atoms with Crippen molar-refractivity contribution in [2.75, 3.05) is 13.1 Å². The summed E-state index contributed by atoms with van der Waals surface area (Å²) in [6, 6.07) is 9.34. The molecule has 3 atom stereocenters. The van der Waals surface area contributed by atoms with Crippen molar-refractivity contribution in [1.29, 1.82) is 0 Å². The van der Waals surface area contributed by atoms with Crippen LogP contribution in [0.15, 0.2) is 53.4 Å². The van der Waals surface area contributed by atoms with E-state index in [1.165, 1.54) is 40.7 Å². The quantitative estimate of drug-likeness (QED) is 0.415. The Bertz CT molecular complexity index is 1250. The molecule has 1 aliphatic heterocycles. The molecule has 1 heterocycles. The van der Waals surface area contributed by atoms with Gasteiger partial charge in [0.05, 0.1) is 15.7 Å². The normalized spacial score (nSPS) is 22.7. The monoisotopic (exact) mass is 532 g/mol. The molecule has 0 radical (unpaired) electrons. The Morgan fingerprint density at radius 1 is 0.919 bits per heavy atom. The lowest BCUT2D eigenvalue weighted by atomic mass is 9.89. The highest BCUT2D eigenvalue weighted by atomic mass is 32.2. The smallest absolute Gasteiger partial charge is 0.269 e. The number of nitro groups is 1. The van der Waals surface area contributed by atoms with E-state index in [-0.39, 0.29) is 47.6 Å². The minimum absolute atomic E-state index is 0.00444. The minimum atomic E-state index is -3.92. The maximum Gasteiger partial charge on any atom is 0.269 e. The molecule has 0 bridgehead atoms. The molecule has 1 aliphatic carbocycles. The first-order valence-electron chi connectivity index (χ1n) is 12.3. The number of nitro benzene ring substituents is 1. The summed E-state index contributed by atoms with van der Waals surface area (Å²) in [4.78, 5) is 36.0. The highest BCUT2D eigenvalue weighted by Gasteiger charge is 2.36. The number of nitrogens with one attached hydrogen (secondary N) is 2. The maximum absolute atomic E-state index is 13.2. The number of benzene rings is 2. The van der Waals surface area contributed by atoms with Crippen molar-refractivity contribution in [3.63, 3.8) is 0 Å². The number of piperidine rings is 1. The zero-order valence-corrected chi connectivity index (χ0v) is 21.0. The van der Waals surface area contributed by atoms with Gasteiger partial charge in [0.2, 0.25) is 15.9 Å². The highest BCUT2D eigenvalue weighted by Crippen LogP contribution is 2.26. The van der Waals surface area contributed by atoms with E-state index < -0.39 is 26.7 Å². The Kier molecular flexibility index (Phi) is 8.18. The van der Waals surface area contributed by atoms with E-state index in [0.717, 1.165) is 25.0 Å². The van der Waals surface area contributed by atoms with Gasteiger partial charge < -0.3 is 10.6 Å². The van der Waals surface area contributed by atoms with Crippen molar-refractivity contribution >= 4 is 27.5 Å². The number of amides is 2. The molecular formula is C25H29FN4O6S. The molecule has 12 heteroatoms. The molecule has 2 aromatic carbocycles. The van der Waals surface area contributed by atoms with Gasteiger partial charge in [-0.05, 0) is 62.1 Å². The molecule has 0 unspecified atom stereocenters. The second-order valence-electron chi connectivity index (χ2n) is 9.44. The lowest BCUT2D eigenvalue weighted by Crippen LogP contribution is -2.55.